The van der Waals surface area contributed by atoms with Crippen molar-refractivity contribution in [3.8, 4) is 11.1 Å². The van der Waals surface area contributed by atoms with Gasteiger partial charge in [0.2, 0.25) is 11.8 Å². The zero-order valence-corrected chi connectivity index (χ0v) is 18.3. The van der Waals surface area contributed by atoms with Crippen molar-refractivity contribution < 1.29 is 4.42 Å². The van der Waals surface area contributed by atoms with Gasteiger partial charge in [0.05, 0.1) is 17.7 Å². The third kappa shape index (κ3) is 4.04. The maximum absolute atomic E-state index is 13.7. The number of aromatic nitrogens is 4. The summed E-state index contributed by atoms with van der Waals surface area (Å²) >= 11 is 2.92. The Morgan fingerprint density at radius 3 is 2.48 bits per heavy atom. The smallest absolute Gasteiger partial charge is 0.263 e. The van der Waals surface area contributed by atoms with Crippen molar-refractivity contribution in [3.05, 3.63) is 93.7 Å². The first kappa shape index (κ1) is 19.7. The quantitative estimate of drug-likeness (QED) is 0.265. The van der Waals surface area contributed by atoms with Crippen molar-refractivity contribution >= 4 is 33.3 Å². The van der Waals surface area contributed by atoms with Gasteiger partial charge in [-0.15, -0.1) is 21.5 Å². The summed E-state index contributed by atoms with van der Waals surface area (Å²) in [5.74, 6) is 1.48. The first-order valence-corrected chi connectivity index (χ1v) is 11.6. The molecule has 6 nitrogen and oxygen atoms in total. The van der Waals surface area contributed by atoms with Crippen molar-refractivity contribution in [2.45, 2.75) is 24.4 Å². The largest absolute Gasteiger partial charge is 0.425 e. The number of nitrogens with zero attached hydrogens (tertiary/aromatic N) is 4. The van der Waals surface area contributed by atoms with Gasteiger partial charge in [0.25, 0.3) is 5.56 Å². The van der Waals surface area contributed by atoms with Crippen LogP contribution in [0.3, 0.4) is 0 Å². The molecular weight excluding hydrogens is 428 g/mol. The lowest BCUT2D eigenvalue weighted by molar-refractivity contribution is 0.485. The number of hydrogen-bond acceptors (Lipinski definition) is 7. The van der Waals surface area contributed by atoms with Crippen molar-refractivity contribution in [2.75, 3.05) is 0 Å². The van der Waals surface area contributed by atoms with Crippen LogP contribution in [-0.4, -0.2) is 19.7 Å². The van der Waals surface area contributed by atoms with Gasteiger partial charge in [-0.1, -0.05) is 72.4 Å². The third-order valence-corrected chi connectivity index (χ3v) is 6.65. The molecule has 0 aliphatic rings. The summed E-state index contributed by atoms with van der Waals surface area (Å²) < 4.78 is 7.23. The molecule has 8 heteroatoms. The number of hydrogen-bond donors (Lipinski definition) is 0. The van der Waals surface area contributed by atoms with E-state index < -0.39 is 0 Å². The summed E-state index contributed by atoms with van der Waals surface area (Å²) in [6.07, 6.45) is 0. The van der Waals surface area contributed by atoms with Gasteiger partial charge in [0.1, 0.15) is 4.83 Å². The number of benzene rings is 2. The van der Waals surface area contributed by atoms with Gasteiger partial charge < -0.3 is 4.42 Å². The predicted octanol–water partition coefficient (Wildman–Crippen LogP) is 5.16. The maximum Gasteiger partial charge on any atom is 0.263 e. The second kappa shape index (κ2) is 8.49. The highest BCUT2D eigenvalue weighted by molar-refractivity contribution is 7.98. The van der Waals surface area contributed by atoms with Crippen LogP contribution in [-0.2, 0) is 12.3 Å². The van der Waals surface area contributed by atoms with E-state index in [1.54, 1.807) is 11.5 Å². The second-order valence-electron chi connectivity index (χ2n) is 6.97. The van der Waals surface area contributed by atoms with E-state index in [4.69, 9.17) is 9.40 Å². The lowest BCUT2D eigenvalue weighted by Gasteiger charge is -2.12. The first-order chi connectivity index (χ1) is 15.2. The molecular formula is C23H18N4O2S2. The Balaban J connectivity index is 1.62. The van der Waals surface area contributed by atoms with Crippen LogP contribution in [0.2, 0.25) is 0 Å². The molecule has 2 aromatic carbocycles. The Labute approximate surface area is 186 Å². The van der Waals surface area contributed by atoms with Crippen LogP contribution in [0.4, 0.5) is 0 Å². The Bertz CT molecular complexity index is 1390. The fraction of sp³-hybridized carbons (Fsp3) is 0.130. The molecule has 0 fully saturated rings. The van der Waals surface area contributed by atoms with E-state index in [2.05, 4.69) is 10.2 Å². The fourth-order valence-electron chi connectivity index (χ4n) is 3.37. The average molecular weight is 447 g/mol. The normalized spacial score (nSPS) is 11.3. The minimum absolute atomic E-state index is 0.0434. The van der Waals surface area contributed by atoms with E-state index in [0.717, 1.165) is 21.5 Å². The van der Waals surface area contributed by atoms with Gasteiger partial charge in [-0.2, -0.15) is 0 Å². The average Bonchev–Trinajstić information content (AvgIpc) is 3.42. The van der Waals surface area contributed by atoms with E-state index >= 15 is 0 Å². The van der Waals surface area contributed by atoms with E-state index in [1.165, 1.54) is 23.1 Å². The molecule has 0 saturated carbocycles. The molecule has 31 heavy (non-hydrogen) atoms. The summed E-state index contributed by atoms with van der Waals surface area (Å²) in [6, 6.07) is 19.9. The number of thioether (sulfide) groups is 1. The Hall–Kier alpha value is -3.23. The molecule has 154 valence electrons. The van der Waals surface area contributed by atoms with Crippen LogP contribution in [0.5, 0.6) is 0 Å². The molecule has 0 bridgehead atoms. The maximum atomic E-state index is 13.7. The third-order valence-electron chi connectivity index (χ3n) is 4.82. The summed E-state index contributed by atoms with van der Waals surface area (Å²) in [5.41, 5.74) is 2.93. The van der Waals surface area contributed by atoms with Crippen molar-refractivity contribution in [1.82, 2.24) is 19.7 Å². The molecule has 0 N–H and O–H groups in total. The van der Waals surface area contributed by atoms with Gasteiger partial charge in [-0.3, -0.25) is 9.36 Å². The fourth-order valence-corrected chi connectivity index (χ4v) is 5.20. The van der Waals surface area contributed by atoms with Crippen LogP contribution >= 0.6 is 23.1 Å². The molecule has 0 amide bonds. The molecule has 0 aliphatic carbocycles. The Morgan fingerprint density at radius 1 is 1.03 bits per heavy atom. The SMILES string of the molecule is Cc1nnc(CSc2nc3scc(-c4ccccc4)c3c(=O)n2Cc2ccccc2)o1. The summed E-state index contributed by atoms with van der Waals surface area (Å²) in [4.78, 5) is 19.3. The molecule has 0 spiro atoms. The summed E-state index contributed by atoms with van der Waals surface area (Å²) in [7, 11) is 0. The van der Waals surface area contributed by atoms with Gasteiger partial charge in [0, 0.05) is 17.9 Å². The van der Waals surface area contributed by atoms with E-state index in [9.17, 15) is 4.79 Å². The Kier molecular flexibility index (Phi) is 5.40. The second-order valence-corrected chi connectivity index (χ2v) is 8.77. The summed E-state index contributed by atoms with van der Waals surface area (Å²) in [5, 5.41) is 11.2. The van der Waals surface area contributed by atoms with E-state index in [-0.39, 0.29) is 5.56 Å². The molecule has 0 unspecified atom stereocenters. The van der Waals surface area contributed by atoms with Gasteiger partial charge >= 0.3 is 0 Å². The van der Waals surface area contributed by atoms with Crippen LogP contribution in [0.25, 0.3) is 21.3 Å². The summed E-state index contributed by atoms with van der Waals surface area (Å²) in [6.45, 7) is 2.20. The van der Waals surface area contributed by atoms with Crippen LogP contribution in [0.15, 0.2) is 80.4 Å². The van der Waals surface area contributed by atoms with Crippen molar-refractivity contribution in [2.24, 2.45) is 0 Å². The highest BCUT2D eigenvalue weighted by Gasteiger charge is 2.18. The van der Waals surface area contributed by atoms with Crippen LogP contribution in [0.1, 0.15) is 17.3 Å². The molecule has 3 heterocycles. The zero-order chi connectivity index (χ0) is 21.2. The molecule has 0 aliphatic heterocycles. The van der Waals surface area contributed by atoms with E-state index in [0.29, 0.717) is 34.6 Å². The lowest BCUT2D eigenvalue weighted by atomic mass is 10.1. The molecule has 5 rings (SSSR count). The highest BCUT2D eigenvalue weighted by Crippen LogP contribution is 2.32. The predicted molar refractivity (Wildman–Crippen MR) is 123 cm³/mol. The van der Waals surface area contributed by atoms with E-state index in [1.807, 2.05) is 66.0 Å². The van der Waals surface area contributed by atoms with Gasteiger partial charge in [0.15, 0.2) is 5.16 Å². The number of thiophene rings is 1. The minimum atomic E-state index is -0.0434. The minimum Gasteiger partial charge on any atom is -0.425 e. The van der Waals surface area contributed by atoms with Crippen LogP contribution in [0, 0.1) is 6.92 Å². The number of aryl methyl sites for hydroxylation is 1. The van der Waals surface area contributed by atoms with Crippen molar-refractivity contribution in [1.29, 1.82) is 0 Å². The zero-order valence-electron chi connectivity index (χ0n) is 16.7. The highest BCUT2D eigenvalue weighted by atomic mass is 32.2. The number of fused-ring (bicyclic) bond motifs is 1. The molecule has 0 radical (unpaired) electrons. The monoisotopic (exact) mass is 446 g/mol. The molecule has 5 aromatic rings. The molecule has 0 saturated heterocycles. The lowest BCUT2D eigenvalue weighted by Crippen LogP contribution is -2.23. The molecule has 0 atom stereocenters. The van der Waals surface area contributed by atoms with Crippen LogP contribution < -0.4 is 5.56 Å². The van der Waals surface area contributed by atoms with Gasteiger partial charge in [-0.25, -0.2) is 4.98 Å². The topological polar surface area (TPSA) is 73.8 Å². The van der Waals surface area contributed by atoms with Crippen molar-refractivity contribution in [3.63, 3.8) is 0 Å². The molecule has 3 aromatic heterocycles. The van der Waals surface area contributed by atoms with Gasteiger partial charge in [-0.05, 0) is 11.1 Å². The standard InChI is InChI=1S/C23H18N4O2S2/c1-15-25-26-19(29-15)14-31-23-24-21-20(18(13-30-21)17-10-6-3-7-11-17)22(28)27(23)12-16-8-4-2-5-9-16/h2-11,13H,12,14H2,1H3. The first-order valence-electron chi connectivity index (χ1n) is 9.72. The Morgan fingerprint density at radius 2 is 1.77 bits per heavy atom. The number of rotatable bonds is 6.